The molecule has 1 N–H and O–H groups in total. The van der Waals surface area contributed by atoms with E-state index in [1.165, 1.54) is 0 Å². The minimum Gasteiger partial charge on any atom is -0.310 e. The number of hydrogen-bond donors (Lipinski definition) is 1. The van der Waals surface area contributed by atoms with Gasteiger partial charge in [-0.15, -0.1) is 11.6 Å². The van der Waals surface area contributed by atoms with E-state index in [9.17, 15) is 13.2 Å². The molecule has 0 amide bonds. The molecule has 1 aliphatic rings. The van der Waals surface area contributed by atoms with Gasteiger partial charge >= 0.3 is 6.18 Å². The average Bonchev–Trinajstić information content (AvgIpc) is 2.16. The van der Waals surface area contributed by atoms with Crippen molar-refractivity contribution in [3.63, 3.8) is 0 Å². The van der Waals surface area contributed by atoms with Gasteiger partial charge < -0.3 is 5.32 Å². The fourth-order valence-electron chi connectivity index (χ4n) is 2.46. The largest absolute Gasteiger partial charge is 0.390 e. The number of halogens is 4. The highest BCUT2D eigenvalue weighted by molar-refractivity contribution is 6.18. The van der Waals surface area contributed by atoms with Gasteiger partial charge in [0.1, 0.15) is 0 Å². The molecule has 1 saturated carbocycles. The molecule has 0 aromatic carbocycles. The van der Waals surface area contributed by atoms with Gasteiger partial charge in [-0.3, -0.25) is 0 Å². The zero-order chi connectivity index (χ0) is 12.2. The van der Waals surface area contributed by atoms with Gasteiger partial charge in [-0.25, -0.2) is 0 Å². The summed E-state index contributed by atoms with van der Waals surface area (Å²) in [7, 11) is 0. The Bertz CT molecular complexity index is 220. The Labute approximate surface area is 99.7 Å². The molecule has 0 aliphatic heterocycles. The lowest BCUT2D eigenvalue weighted by atomic mass is 9.77. The van der Waals surface area contributed by atoms with E-state index < -0.39 is 12.6 Å². The van der Waals surface area contributed by atoms with E-state index in [4.69, 9.17) is 11.6 Å². The van der Waals surface area contributed by atoms with Crippen LogP contribution in [0.5, 0.6) is 0 Å². The van der Waals surface area contributed by atoms with Gasteiger partial charge in [-0.05, 0) is 18.8 Å². The quantitative estimate of drug-likeness (QED) is 0.757. The van der Waals surface area contributed by atoms with Crippen LogP contribution in [0.25, 0.3) is 0 Å². The van der Waals surface area contributed by atoms with Crippen molar-refractivity contribution in [2.45, 2.75) is 50.7 Å². The summed E-state index contributed by atoms with van der Waals surface area (Å²) >= 11 is 5.91. The molecule has 2 unspecified atom stereocenters. The molecule has 1 nitrogen and oxygen atoms in total. The minimum atomic E-state index is -4.08. The number of rotatable bonds is 4. The van der Waals surface area contributed by atoms with Crippen molar-refractivity contribution in [3.05, 3.63) is 0 Å². The van der Waals surface area contributed by atoms with Crippen LogP contribution in [0.3, 0.4) is 0 Å². The lowest BCUT2D eigenvalue weighted by molar-refractivity contribution is -0.134. The van der Waals surface area contributed by atoms with Gasteiger partial charge in [0.2, 0.25) is 0 Å². The molecule has 2 atom stereocenters. The van der Waals surface area contributed by atoms with Crippen molar-refractivity contribution in [1.29, 1.82) is 0 Å². The third-order valence-corrected chi connectivity index (χ3v) is 3.77. The first kappa shape index (κ1) is 14.1. The molecular formula is C11H19ClF3N. The van der Waals surface area contributed by atoms with Crippen molar-refractivity contribution in [3.8, 4) is 0 Å². The first-order valence-electron chi connectivity index (χ1n) is 5.75. The van der Waals surface area contributed by atoms with Crippen LogP contribution in [0.15, 0.2) is 0 Å². The average molecular weight is 258 g/mol. The number of alkyl halides is 4. The second-order valence-corrected chi connectivity index (χ2v) is 5.17. The van der Waals surface area contributed by atoms with E-state index in [2.05, 4.69) is 12.2 Å². The standard InChI is InChI=1S/C11H19ClF3N/c1-9-3-2-4-10(7-9,8-12)16-6-5-11(13,14)15/h9,16H,2-8H2,1H3. The second kappa shape index (κ2) is 5.58. The lowest BCUT2D eigenvalue weighted by Gasteiger charge is -2.39. The highest BCUT2D eigenvalue weighted by Crippen LogP contribution is 2.33. The number of nitrogens with one attached hydrogen (secondary N) is 1. The first-order valence-corrected chi connectivity index (χ1v) is 6.28. The molecule has 96 valence electrons. The van der Waals surface area contributed by atoms with Crippen molar-refractivity contribution in [1.82, 2.24) is 5.32 Å². The summed E-state index contributed by atoms with van der Waals surface area (Å²) in [6, 6.07) is 0. The van der Waals surface area contributed by atoms with Crippen LogP contribution in [0.2, 0.25) is 0 Å². The molecule has 0 aromatic rings. The Balaban J connectivity index is 2.41. The van der Waals surface area contributed by atoms with Gasteiger partial charge in [-0.2, -0.15) is 13.2 Å². The van der Waals surface area contributed by atoms with Crippen LogP contribution in [0, 0.1) is 5.92 Å². The molecule has 0 aromatic heterocycles. The Morgan fingerprint density at radius 3 is 2.62 bits per heavy atom. The van der Waals surface area contributed by atoms with Gasteiger partial charge in [0.15, 0.2) is 0 Å². The Morgan fingerprint density at radius 2 is 2.12 bits per heavy atom. The molecule has 16 heavy (non-hydrogen) atoms. The molecule has 1 fully saturated rings. The highest BCUT2D eigenvalue weighted by atomic mass is 35.5. The zero-order valence-corrected chi connectivity index (χ0v) is 10.3. The predicted octanol–water partition coefficient (Wildman–Crippen LogP) is 3.72. The van der Waals surface area contributed by atoms with Gasteiger partial charge in [0, 0.05) is 18.0 Å². The van der Waals surface area contributed by atoms with E-state index >= 15 is 0 Å². The Hall–Kier alpha value is 0.0400. The van der Waals surface area contributed by atoms with E-state index in [1.54, 1.807) is 0 Å². The zero-order valence-electron chi connectivity index (χ0n) is 9.54. The third kappa shape index (κ3) is 4.50. The van der Waals surface area contributed by atoms with Crippen LogP contribution >= 0.6 is 11.6 Å². The topological polar surface area (TPSA) is 12.0 Å². The first-order chi connectivity index (χ1) is 7.37. The third-order valence-electron chi connectivity index (χ3n) is 3.26. The molecule has 5 heteroatoms. The minimum absolute atomic E-state index is 0.0249. The van der Waals surface area contributed by atoms with E-state index in [0.29, 0.717) is 11.8 Å². The normalized spacial score (nSPS) is 31.7. The van der Waals surface area contributed by atoms with E-state index in [-0.39, 0.29) is 12.1 Å². The molecule has 0 heterocycles. The summed E-state index contributed by atoms with van der Waals surface area (Å²) in [6.45, 7) is 2.11. The summed E-state index contributed by atoms with van der Waals surface area (Å²) in [6.07, 6.45) is -0.889. The van der Waals surface area contributed by atoms with E-state index in [1.807, 2.05) is 0 Å². The molecule has 0 radical (unpaired) electrons. The highest BCUT2D eigenvalue weighted by Gasteiger charge is 2.35. The van der Waals surface area contributed by atoms with E-state index in [0.717, 1.165) is 25.7 Å². The summed E-state index contributed by atoms with van der Waals surface area (Å²) in [5.74, 6) is 0.945. The van der Waals surface area contributed by atoms with Crippen molar-refractivity contribution >= 4 is 11.6 Å². The molecule has 0 saturated heterocycles. The number of hydrogen-bond acceptors (Lipinski definition) is 1. The summed E-state index contributed by atoms with van der Waals surface area (Å²) in [5.41, 5.74) is -0.273. The van der Waals surface area contributed by atoms with Crippen LogP contribution < -0.4 is 5.32 Å². The fourth-order valence-corrected chi connectivity index (χ4v) is 2.80. The van der Waals surface area contributed by atoms with Crippen molar-refractivity contribution < 1.29 is 13.2 Å². The molecular weight excluding hydrogens is 239 g/mol. The molecule has 1 aliphatic carbocycles. The fraction of sp³-hybridized carbons (Fsp3) is 1.00. The van der Waals surface area contributed by atoms with Crippen LogP contribution in [0.4, 0.5) is 13.2 Å². The Kier molecular flexibility index (Phi) is 4.92. The van der Waals surface area contributed by atoms with Crippen LogP contribution in [-0.2, 0) is 0 Å². The summed E-state index contributed by atoms with van der Waals surface area (Å²) in [5, 5.41) is 3.02. The lowest BCUT2D eigenvalue weighted by Crippen LogP contribution is -2.51. The molecule has 0 spiro atoms. The molecule has 0 bridgehead atoms. The van der Waals surface area contributed by atoms with Crippen molar-refractivity contribution in [2.75, 3.05) is 12.4 Å². The SMILES string of the molecule is CC1CCCC(CCl)(NCCC(F)(F)F)C1. The van der Waals surface area contributed by atoms with Gasteiger partial charge in [0.25, 0.3) is 0 Å². The maximum atomic E-state index is 12.0. The van der Waals surface area contributed by atoms with Crippen LogP contribution in [0.1, 0.15) is 39.0 Å². The van der Waals surface area contributed by atoms with Gasteiger partial charge in [-0.1, -0.05) is 19.8 Å². The van der Waals surface area contributed by atoms with Crippen LogP contribution in [-0.4, -0.2) is 24.1 Å². The van der Waals surface area contributed by atoms with Gasteiger partial charge in [0.05, 0.1) is 6.42 Å². The van der Waals surface area contributed by atoms with Crippen molar-refractivity contribution in [2.24, 2.45) is 5.92 Å². The predicted molar refractivity (Wildman–Crippen MR) is 59.8 cm³/mol. The maximum absolute atomic E-state index is 12.0. The maximum Gasteiger partial charge on any atom is 0.390 e. The smallest absolute Gasteiger partial charge is 0.310 e. The Morgan fingerprint density at radius 1 is 1.44 bits per heavy atom. The molecule has 1 rings (SSSR count). The summed E-state index contributed by atoms with van der Waals surface area (Å²) < 4.78 is 36.1. The summed E-state index contributed by atoms with van der Waals surface area (Å²) in [4.78, 5) is 0. The second-order valence-electron chi connectivity index (χ2n) is 4.91. The monoisotopic (exact) mass is 257 g/mol.